The molecule has 0 aliphatic carbocycles. The molecular weight excluding hydrogens is 286 g/mol. The fourth-order valence-electron chi connectivity index (χ4n) is 1.97. The molecule has 0 bridgehead atoms. The lowest BCUT2D eigenvalue weighted by Gasteiger charge is -2.18. The smallest absolute Gasteiger partial charge is 0.226 e. The quantitative estimate of drug-likeness (QED) is 0.896. The van der Waals surface area contributed by atoms with Gasteiger partial charge in [0.25, 0.3) is 0 Å². The predicted molar refractivity (Wildman–Crippen MR) is 85.4 cm³/mol. The SMILES string of the molecule is CC(C)C(=O)Nc1ccc(Cl)cc1C(O)c1ccccc1. The van der Waals surface area contributed by atoms with Crippen molar-refractivity contribution in [3.8, 4) is 0 Å². The normalized spacial score (nSPS) is 12.2. The number of nitrogens with one attached hydrogen (secondary N) is 1. The summed E-state index contributed by atoms with van der Waals surface area (Å²) < 4.78 is 0. The van der Waals surface area contributed by atoms with E-state index in [1.54, 1.807) is 18.2 Å². The summed E-state index contributed by atoms with van der Waals surface area (Å²) >= 11 is 6.02. The van der Waals surface area contributed by atoms with E-state index in [0.717, 1.165) is 5.56 Å². The van der Waals surface area contributed by atoms with Crippen molar-refractivity contribution in [1.29, 1.82) is 0 Å². The molecular formula is C17H18ClNO2. The summed E-state index contributed by atoms with van der Waals surface area (Å²) in [5.74, 6) is -0.235. The number of carbonyl (C=O) groups is 1. The van der Waals surface area contributed by atoms with Crippen LogP contribution in [0.15, 0.2) is 48.5 Å². The van der Waals surface area contributed by atoms with Crippen LogP contribution in [0.5, 0.6) is 0 Å². The minimum Gasteiger partial charge on any atom is -0.384 e. The van der Waals surface area contributed by atoms with Gasteiger partial charge in [0.15, 0.2) is 0 Å². The zero-order valence-corrected chi connectivity index (χ0v) is 12.8. The monoisotopic (exact) mass is 303 g/mol. The standard InChI is InChI=1S/C17H18ClNO2/c1-11(2)17(21)19-15-9-8-13(18)10-14(15)16(20)12-6-4-3-5-7-12/h3-11,16,20H,1-2H3,(H,19,21). The number of carbonyl (C=O) groups excluding carboxylic acids is 1. The molecule has 0 radical (unpaired) electrons. The maximum absolute atomic E-state index is 11.9. The Balaban J connectivity index is 2.37. The van der Waals surface area contributed by atoms with Crippen molar-refractivity contribution in [1.82, 2.24) is 0 Å². The predicted octanol–water partition coefficient (Wildman–Crippen LogP) is 4.02. The molecule has 0 saturated heterocycles. The van der Waals surface area contributed by atoms with Crippen LogP contribution in [0.4, 0.5) is 5.69 Å². The molecule has 0 aliphatic rings. The van der Waals surface area contributed by atoms with E-state index in [9.17, 15) is 9.90 Å². The van der Waals surface area contributed by atoms with Gasteiger partial charge >= 0.3 is 0 Å². The van der Waals surface area contributed by atoms with Crippen LogP contribution in [0.3, 0.4) is 0 Å². The van der Waals surface area contributed by atoms with Gasteiger partial charge in [0.1, 0.15) is 6.10 Å². The summed E-state index contributed by atoms with van der Waals surface area (Å²) in [5, 5.41) is 13.9. The third-order valence-corrected chi connectivity index (χ3v) is 3.44. The maximum atomic E-state index is 11.9. The highest BCUT2D eigenvalue weighted by atomic mass is 35.5. The van der Waals surface area contributed by atoms with Gasteiger partial charge in [-0.05, 0) is 23.8 Å². The third-order valence-electron chi connectivity index (χ3n) is 3.21. The molecule has 0 spiro atoms. The first-order chi connectivity index (χ1) is 9.99. The van der Waals surface area contributed by atoms with Gasteiger partial charge in [0.2, 0.25) is 5.91 Å². The highest BCUT2D eigenvalue weighted by Gasteiger charge is 2.17. The lowest BCUT2D eigenvalue weighted by molar-refractivity contribution is -0.118. The van der Waals surface area contributed by atoms with Gasteiger partial charge in [-0.15, -0.1) is 0 Å². The summed E-state index contributed by atoms with van der Waals surface area (Å²) in [6, 6.07) is 14.3. The lowest BCUT2D eigenvalue weighted by Crippen LogP contribution is -2.19. The zero-order chi connectivity index (χ0) is 15.4. The minimum absolute atomic E-state index is 0.0983. The van der Waals surface area contributed by atoms with Gasteiger partial charge in [0.05, 0.1) is 0 Å². The van der Waals surface area contributed by atoms with E-state index in [-0.39, 0.29) is 11.8 Å². The average molecular weight is 304 g/mol. The minimum atomic E-state index is -0.840. The lowest BCUT2D eigenvalue weighted by atomic mass is 9.99. The van der Waals surface area contributed by atoms with Crippen LogP contribution in [0.25, 0.3) is 0 Å². The number of benzene rings is 2. The van der Waals surface area contributed by atoms with Crippen LogP contribution in [-0.2, 0) is 4.79 Å². The molecule has 2 aromatic rings. The first-order valence-corrected chi connectivity index (χ1v) is 7.20. The Bertz CT molecular complexity index is 626. The number of amides is 1. The molecule has 0 aromatic heterocycles. The molecule has 0 fully saturated rings. The molecule has 4 heteroatoms. The van der Waals surface area contributed by atoms with E-state index >= 15 is 0 Å². The van der Waals surface area contributed by atoms with Crippen molar-refractivity contribution >= 4 is 23.2 Å². The molecule has 3 nitrogen and oxygen atoms in total. The fourth-order valence-corrected chi connectivity index (χ4v) is 2.15. The van der Waals surface area contributed by atoms with Crippen molar-refractivity contribution in [3.63, 3.8) is 0 Å². The van der Waals surface area contributed by atoms with Gasteiger partial charge in [-0.3, -0.25) is 4.79 Å². The molecule has 2 rings (SSSR count). The Morgan fingerprint density at radius 2 is 1.81 bits per heavy atom. The summed E-state index contributed by atoms with van der Waals surface area (Å²) in [7, 11) is 0. The number of aliphatic hydroxyl groups is 1. The van der Waals surface area contributed by atoms with Gasteiger partial charge in [-0.2, -0.15) is 0 Å². The van der Waals surface area contributed by atoms with Gasteiger partial charge in [-0.25, -0.2) is 0 Å². The van der Waals surface area contributed by atoms with E-state index in [2.05, 4.69) is 5.32 Å². The second-order valence-corrected chi connectivity index (χ2v) is 5.63. The van der Waals surface area contributed by atoms with Crippen LogP contribution in [0.2, 0.25) is 5.02 Å². The highest BCUT2D eigenvalue weighted by molar-refractivity contribution is 6.30. The molecule has 1 unspecified atom stereocenters. The van der Waals surface area contributed by atoms with Crippen molar-refractivity contribution in [2.75, 3.05) is 5.32 Å². The van der Waals surface area contributed by atoms with Crippen LogP contribution < -0.4 is 5.32 Å². The molecule has 21 heavy (non-hydrogen) atoms. The zero-order valence-electron chi connectivity index (χ0n) is 12.0. The molecule has 1 amide bonds. The first-order valence-electron chi connectivity index (χ1n) is 6.82. The van der Waals surface area contributed by atoms with Crippen LogP contribution in [-0.4, -0.2) is 11.0 Å². The summed E-state index contributed by atoms with van der Waals surface area (Å²) in [6.07, 6.45) is -0.840. The number of anilines is 1. The van der Waals surface area contributed by atoms with Crippen molar-refractivity contribution in [3.05, 3.63) is 64.7 Å². The Morgan fingerprint density at radius 1 is 1.14 bits per heavy atom. The first kappa shape index (κ1) is 15.5. The van der Waals surface area contributed by atoms with Crippen LogP contribution >= 0.6 is 11.6 Å². The molecule has 0 aliphatic heterocycles. The largest absolute Gasteiger partial charge is 0.384 e. The van der Waals surface area contributed by atoms with Gasteiger partial charge in [0, 0.05) is 22.2 Å². The summed E-state index contributed by atoms with van der Waals surface area (Å²) in [6.45, 7) is 3.64. The second kappa shape index (κ2) is 6.74. The van der Waals surface area contributed by atoms with Crippen LogP contribution in [0.1, 0.15) is 31.1 Å². The Labute approximate surface area is 129 Å². The molecule has 2 N–H and O–H groups in total. The Morgan fingerprint density at radius 3 is 2.43 bits per heavy atom. The van der Waals surface area contributed by atoms with Crippen LogP contribution in [0, 0.1) is 5.92 Å². The van der Waals surface area contributed by atoms with E-state index in [1.165, 1.54) is 0 Å². The molecule has 2 aromatic carbocycles. The number of aliphatic hydroxyl groups excluding tert-OH is 1. The Hall–Kier alpha value is -1.84. The average Bonchev–Trinajstić information content (AvgIpc) is 2.49. The summed E-state index contributed by atoms with van der Waals surface area (Å²) in [5.41, 5.74) is 1.91. The topological polar surface area (TPSA) is 49.3 Å². The number of rotatable bonds is 4. The van der Waals surface area contributed by atoms with Crippen molar-refractivity contribution in [2.45, 2.75) is 20.0 Å². The number of halogens is 1. The maximum Gasteiger partial charge on any atom is 0.226 e. The fraction of sp³-hybridized carbons (Fsp3) is 0.235. The number of hydrogen-bond donors (Lipinski definition) is 2. The third kappa shape index (κ3) is 3.84. The highest BCUT2D eigenvalue weighted by Crippen LogP contribution is 2.31. The summed E-state index contributed by atoms with van der Waals surface area (Å²) in [4.78, 5) is 11.9. The van der Waals surface area contributed by atoms with E-state index < -0.39 is 6.10 Å². The van der Waals surface area contributed by atoms with Crippen molar-refractivity contribution in [2.24, 2.45) is 5.92 Å². The Kier molecular flexibility index (Phi) is 4.99. The molecule has 0 saturated carbocycles. The van der Waals surface area contributed by atoms with E-state index in [1.807, 2.05) is 44.2 Å². The molecule has 0 heterocycles. The van der Waals surface area contributed by atoms with Gasteiger partial charge in [-0.1, -0.05) is 55.8 Å². The van der Waals surface area contributed by atoms with E-state index in [0.29, 0.717) is 16.3 Å². The van der Waals surface area contributed by atoms with Crippen molar-refractivity contribution < 1.29 is 9.90 Å². The molecule has 110 valence electrons. The number of hydrogen-bond acceptors (Lipinski definition) is 2. The van der Waals surface area contributed by atoms with Gasteiger partial charge < -0.3 is 10.4 Å². The van der Waals surface area contributed by atoms with E-state index in [4.69, 9.17) is 11.6 Å². The molecule has 1 atom stereocenters. The second-order valence-electron chi connectivity index (χ2n) is 5.19.